The van der Waals surface area contributed by atoms with Gasteiger partial charge in [0.2, 0.25) is 0 Å². The molecule has 18 heavy (non-hydrogen) atoms. The van der Waals surface area contributed by atoms with Gasteiger partial charge in [-0.15, -0.1) is 0 Å². The van der Waals surface area contributed by atoms with Crippen LogP contribution >= 0.6 is 0 Å². The van der Waals surface area contributed by atoms with Gasteiger partial charge in [0.1, 0.15) is 11.9 Å². The van der Waals surface area contributed by atoms with E-state index in [4.69, 9.17) is 5.26 Å². The van der Waals surface area contributed by atoms with Crippen LogP contribution in [-0.2, 0) is 0 Å². The summed E-state index contributed by atoms with van der Waals surface area (Å²) in [5, 5.41) is 13.5. The van der Waals surface area contributed by atoms with Crippen molar-refractivity contribution in [1.29, 1.82) is 5.26 Å². The Labute approximate surface area is 101 Å². The molecule has 7 heteroatoms. The van der Waals surface area contributed by atoms with Gasteiger partial charge >= 0.3 is 6.03 Å². The molecule has 0 atom stereocenters. The lowest BCUT2D eigenvalue weighted by Gasteiger charge is -2.05. The van der Waals surface area contributed by atoms with Crippen LogP contribution in [0.25, 0.3) is 0 Å². The molecule has 0 saturated carbocycles. The van der Waals surface area contributed by atoms with Gasteiger partial charge in [-0.3, -0.25) is 5.32 Å². The summed E-state index contributed by atoms with van der Waals surface area (Å²) in [5.41, 5.74) is 0.450. The molecular weight excluding hydrogens is 237 g/mol. The molecule has 0 saturated heterocycles. The molecule has 1 aromatic heterocycles. The van der Waals surface area contributed by atoms with Crippen LogP contribution in [0.4, 0.5) is 20.7 Å². The van der Waals surface area contributed by atoms with Gasteiger partial charge in [0.05, 0.1) is 6.33 Å². The molecule has 90 valence electrons. The SMILES string of the molecule is N#Cc1[nH]cnc1NC(=O)Nc1cccc(F)c1. The number of carbonyl (C=O) groups excluding carboxylic acids is 1. The highest BCUT2D eigenvalue weighted by molar-refractivity contribution is 5.99. The van der Waals surface area contributed by atoms with Gasteiger partial charge in [-0.2, -0.15) is 5.26 Å². The van der Waals surface area contributed by atoms with Crippen molar-refractivity contribution >= 4 is 17.5 Å². The molecule has 0 unspecified atom stereocenters. The Balaban J connectivity index is 2.04. The highest BCUT2D eigenvalue weighted by Gasteiger charge is 2.09. The standard InChI is InChI=1S/C11H8FN5O/c12-7-2-1-3-8(4-7)16-11(18)17-10-9(5-13)14-6-15-10/h1-4,6H,(H,14,15)(H2,16,17,18). The third kappa shape index (κ3) is 2.62. The number of aromatic amines is 1. The number of nitrogens with one attached hydrogen (secondary N) is 3. The summed E-state index contributed by atoms with van der Waals surface area (Å²) in [7, 11) is 0. The number of halogens is 1. The van der Waals surface area contributed by atoms with Crippen LogP contribution in [0.1, 0.15) is 5.69 Å². The average molecular weight is 245 g/mol. The Morgan fingerprint density at radius 1 is 1.44 bits per heavy atom. The minimum Gasteiger partial charge on any atom is -0.335 e. The summed E-state index contributed by atoms with van der Waals surface area (Å²) in [6.45, 7) is 0. The van der Waals surface area contributed by atoms with Crippen LogP contribution in [0.5, 0.6) is 0 Å². The van der Waals surface area contributed by atoms with Crippen molar-refractivity contribution in [3.8, 4) is 6.07 Å². The third-order valence-corrected chi connectivity index (χ3v) is 2.07. The predicted octanol–water partition coefficient (Wildman–Crippen LogP) is 2.06. The minimum atomic E-state index is -0.607. The molecule has 6 nitrogen and oxygen atoms in total. The zero-order valence-corrected chi connectivity index (χ0v) is 9.07. The number of aromatic nitrogens is 2. The van der Waals surface area contributed by atoms with Crippen LogP contribution in [0, 0.1) is 17.1 Å². The highest BCUT2D eigenvalue weighted by atomic mass is 19.1. The van der Waals surface area contributed by atoms with E-state index in [0.717, 1.165) is 0 Å². The number of imidazole rings is 1. The minimum absolute atomic E-state index is 0.117. The lowest BCUT2D eigenvalue weighted by molar-refractivity contribution is 0.262. The zero-order valence-electron chi connectivity index (χ0n) is 9.07. The summed E-state index contributed by atoms with van der Waals surface area (Å²) in [5.74, 6) is -0.336. The van der Waals surface area contributed by atoms with E-state index in [2.05, 4.69) is 20.6 Å². The molecule has 2 rings (SSSR count). The molecule has 2 amide bonds. The van der Waals surface area contributed by atoms with Crippen LogP contribution < -0.4 is 10.6 Å². The number of rotatable bonds is 2. The van der Waals surface area contributed by atoms with Crippen LogP contribution in [0.2, 0.25) is 0 Å². The van der Waals surface area contributed by atoms with E-state index in [0.29, 0.717) is 5.69 Å². The molecule has 1 aromatic carbocycles. The fraction of sp³-hybridized carbons (Fsp3) is 0. The van der Waals surface area contributed by atoms with E-state index in [1.165, 1.54) is 24.5 Å². The monoisotopic (exact) mass is 245 g/mol. The van der Waals surface area contributed by atoms with E-state index in [1.807, 2.05) is 6.07 Å². The summed E-state index contributed by atoms with van der Waals surface area (Å²) in [6, 6.07) is 6.68. The lowest BCUT2D eigenvalue weighted by atomic mass is 10.3. The fourth-order valence-electron chi connectivity index (χ4n) is 1.31. The number of nitrogens with zero attached hydrogens (tertiary/aromatic N) is 2. The maximum atomic E-state index is 12.9. The smallest absolute Gasteiger partial charge is 0.324 e. The van der Waals surface area contributed by atoms with E-state index in [9.17, 15) is 9.18 Å². The molecule has 1 heterocycles. The summed E-state index contributed by atoms with van der Waals surface area (Å²) >= 11 is 0. The normalized spacial score (nSPS) is 9.56. The largest absolute Gasteiger partial charge is 0.335 e. The van der Waals surface area contributed by atoms with Crippen molar-refractivity contribution in [3.05, 3.63) is 42.1 Å². The van der Waals surface area contributed by atoms with Crippen LogP contribution in [0.3, 0.4) is 0 Å². The molecule has 0 bridgehead atoms. The van der Waals surface area contributed by atoms with Crippen molar-refractivity contribution in [2.75, 3.05) is 10.6 Å². The van der Waals surface area contributed by atoms with Gasteiger partial charge < -0.3 is 10.3 Å². The van der Waals surface area contributed by atoms with E-state index in [1.54, 1.807) is 6.07 Å². The Morgan fingerprint density at radius 3 is 3.00 bits per heavy atom. The first-order chi connectivity index (χ1) is 8.69. The maximum Gasteiger partial charge on any atom is 0.324 e. The molecular formula is C11H8FN5O. The van der Waals surface area contributed by atoms with Crippen molar-refractivity contribution in [2.45, 2.75) is 0 Å². The first-order valence-corrected chi connectivity index (χ1v) is 4.96. The van der Waals surface area contributed by atoms with Gasteiger partial charge in [-0.25, -0.2) is 14.2 Å². The van der Waals surface area contributed by atoms with Crippen molar-refractivity contribution in [1.82, 2.24) is 9.97 Å². The number of amides is 2. The van der Waals surface area contributed by atoms with E-state index in [-0.39, 0.29) is 11.5 Å². The topological polar surface area (TPSA) is 93.6 Å². The van der Waals surface area contributed by atoms with E-state index < -0.39 is 11.8 Å². The van der Waals surface area contributed by atoms with Gasteiger partial charge in [-0.1, -0.05) is 6.07 Å². The van der Waals surface area contributed by atoms with Crippen molar-refractivity contribution < 1.29 is 9.18 Å². The number of benzene rings is 1. The number of hydrogen-bond acceptors (Lipinski definition) is 3. The van der Waals surface area contributed by atoms with Crippen LogP contribution in [0.15, 0.2) is 30.6 Å². The number of nitriles is 1. The Hall–Kier alpha value is -2.88. The average Bonchev–Trinajstić information content (AvgIpc) is 2.76. The second kappa shape index (κ2) is 4.97. The van der Waals surface area contributed by atoms with E-state index >= 15 is 0 Å². The molecule has 0 aliphatic heterocycles. The molecule has 0 spiro atoms. The molecule has 3 N–H and O–H groups in total. The van der Waals surface area contributed by atoms with Gasteiger partial charge in [0.15, 0.2) is 11.5 Å². The van der Waals surface area contributed by atoms with Crippen molar-refractivity contribution in [3.63, 3.8) is 0 Å². The third-order valence-electron chi connectivity index (χ3n) is 2.07. The Bertz CT molecular complexity index is 616. The number of carbonyl (C=O) groups is 1. The molecule has 0 fully saturated rings. The van der Waals surface area contributed by atoms with Crippen LogP contribution in [-0.4, -0.2) is 16.0 Å². The second-order valence-corrected chi connectivity index (χ2v) is 3.33. The zero-order chi connectivity index (χ0) is 13.0. The Kier molecular flexibility index (Phi) is 3.20. The number of urea groups is 1. The van der Waals surface area contributed by atoms with Gasteiger partial charge in [0, 0.05) is 5.69 Å². The lowest BCUT2D eigenvalue weighted by Crippen LogP contribution is -2.20. The molecule has 2 aromatic rings. The quantitative estimate of drug-likeness (QED) is 0.755. The molecule has 0 aliphatic rings. The molecule has 0 radical (unpaired) electrons. The highest BCUT2D eigenvalue weighted by Crippen LogP contribution is 2.11. The van der Waals surface area contributed by atoms with Gasteiger partial charge in [0.25, 0.3) is 0 Å². The number of anilines is 2. The first-order valence-electron chi connectivity index (χ1n) is 4.96. The number of H-pyrrole nitrogens is 1. The predicted molar refractivity (Wildman–Crippen MR) is 62.3 cm³/mol. The van der Waals surface area contributed by atoms with Crippen molar-refractivity contribution in [2.24, 2.45) is 0 Å². The van der Waals surface area contributed by atoms with Gasteiger partial charge in [-0.05, 0) is 18.2 Å². The summed E-state index contributed by atoms with van der Waals surface area (Å²) in [4.78, 5) is 17.9. The second-order valence-electron chi connectivity index (χ2n) is 3.33. The maximum absolute atomic E-state index is 12.9. The Morgan fingerprint density at radius 2 is 2.28 bits per heavy atom. The summed E-state index contributed by atoms with van der Waals surface area (Å²) < 4.78 is 12.9. The molecule has 0 aliphatic carbocycles. The number of hydrogen-bond donors (Lipinski definition) is 3. The summed E-state index contributed by atoms with van der Waals surface area (Å²) in [6.07, 6.45) is 1.29. The fourth-order valence-corrected chi connectivity index (χ4v) is 1.31. The first kappa shape index (κ1) is 11.6.